The minimum atomic E-state index is 0.195. The summed E-state index contributed by atoms with van der Waals surface area (Å²) in [6.07, 6.45) is 2.28. The first-order valence-electron chi connectivity index (χ1n) is 6.92. The molecule has 0 spiro atoms. The summed E-state index contributed by atoms with van der Waals surface area (Å²) in [5.74, 6) is 0. The molecule has 1 aliphatic heterocycles. The average molecular weight is 266 g/mol. The molecule has 2 nitrogen and oxygen atoms in total. The molecule has 0 N–H and O–H groups in total. The van der Waals surface area contributed by atoms with Crippen LogP contribution in [0.4, 0.5) is 0 Å². The van der Waals surface area contributed by atoms with Crippen LogP contribution in [0.15, 0.2) is 0 Å². The monoisotopic (exact) mass is 266 g/mol. The number of thiazole rings is 1. The van der Waals surface area contributed by atoms with Gasteiger partial charge in [-0.3, -0.25) is 4.90 Å². The molecular weight excluding hydrogens is 240 g/mol. The second-order valence-electron chi connectivity index (χ2n) is 7.30. The van der Waals surface area contributed by atoms with E-state index in [0.29, 0.717) is 0 Å². The lowest BCUT2D eigenvalue weighted by Crippen LogP contribution is -2.42. The van der Waals surface area contributed by atoms with Crippen LogP contribution in [-0.2, 0) is 18.3 Å². The van der Waals surface area contributed by atoms with Crippen LogP contribution in [0.1, 0.15) is 57.1 Å². The van der Waals surface area contributed by atoms with Crippen molar-refractivity contribution in [2.75, 3.05) is 13.1 Å². The molecular formula is C15H26N2S. The van der Waals surface area contributed by atoms with Crippen molar-refractivity contribution in [2.24, 2.45) is 0 Å². The zero-order valence-electron chi connectivity index (χ0n) is 12.6. The van der Waals surface area contributed by atoms with Gasteiger partial charge in [-0.2, -0.15) is 0 Å². The molecule has 2 heterocycles. The van der Waals surface area contributed by atoms with E-state index in [4.69, 9.17) is 4.98 Å². The Balaban J connectivity index is 2.17. The lowest BCUT2D eigenvalue weighted by molar-refractivity contribution is 0.144. The number of hydrogen-bond donors (Lipinski definition) is 0. The molecule has 0 saturated heterocycles. The van der Waals surface area contributed by atoms with E-state index < -0.39 is 0 Å². The second-order valence-corrected chi connectivity index (χ2v) is 8.38. The molecule has 0 radical (unpaired) electrons. The van der Waals surface area contributed by atoms with Gasteiger partial charge in [-0.05, 0) is 27.2 Å². The summed E-state index contributed by atoms with van der Waals surface area (Å²) in [5, 5.41) is 1.30. The maximum absolute atomic E-state index is 4.89. The number of rotatable bonds is 0. The van der Waals surface area contributed by atoms with Gasteiger partial charge in [-0.15, -0.1) is 11.3 Å². The highest BCUT2D eigenvalue weighted by Crippen LogP contribution is 2.32. The summed E-state index contributed by atoms with van der Waals surface area (Å²) in [6.45, 7) is 16.0. The lowest BCUT2D eigenvalue weighted by Gasteiger charge is -2.34. The predicted octanol–water partition coefficient (Wildman–Crippen LogP) is 3.64. The molecule has 1 aromatic heterocycles. The summed E-state index contributed by atoms with van der Waals surface area (Å²) in [7, 11) is 0. The standard InChI is InChI=1S/C15H26N2S/c1-14(2,3)13-16-11-7-9-17(15(4,5)6)10-8-12(11)18-13/h7-10H2,1-6H3. The Bertz CT molecular complexity index is 395. The summed E-state index contributed by atoms with van der Waals surface area (Å²) in [4.78, 5) is 8.99. The number of fused-ring (bicyclic) bond motifs is 1. The maximum atomic E-state index is 4.89. The first-order valence-corrected chi connectivity index (χ1v) is 7.74. The Morgan fingerprint density at radius 3 is 2.17 bits per heavy atom. The van der Waals surface area contributed by atoms with E-state index >= 15 is 0 Å². The normalized spacial score (nSPS) is 18.6. The number of hydrogen-bond acceptors (Lipinski definition) is 3. The number of aromatic nitrogens is 1. The van der Waals surface area contributed by atoms with Crippen molar-refractivity contribution in [1.82, 2.24) is 9.88 Å². The van der Waals surface area contributed by atoms with Crippen LogP contribution in [0, 0.1) is 0 Å². The van der Waals surface area contributed by atoms with Gasteiger partial charge in [-0.1, -0.05) is 20.8 Å². The van der Waals surface area contributed by atoms with Crippen LogP contribution in [0.3, 0.4) is 0 Å². The van der Waals surface area contributed by atoms with Crippen LogP contribution in [0.5, 0.6) is 0 Å². The number of nitrogens with zero attached hydrogens (tertiary/aromatic N) is 2. The van der Waals surface area contributed by atoms with Crippen LogP contribution >= 0.6 is 11.3 Å². The van der Waals surface area contributed by atoms with Gasteiger partial charge < -0.3 is 0 Å². The Hall–Kier alpha value is -0.410. The highest BCUT2D eigenvalue weighted by atomic mass is 32.1. The first kappa shape index (κ1) is 14.0. The van der Waals surface area contributed by atoms with Crippen molar-refractivity contribution < 1.29 is 0 Å². The molecule has 0 amide bonds. The van der Waals surface area contributed by atoms with Crippen LogP contribution in [0.2, 0.25) is 0 Å². The van der Waals surface area contributed by atoms with Gasteiger partial charge in [0.2, 0.25) is 0 Å². The zero-order valence-corrected chi connectivity index (χ0v) is 13.4. The summed E-state index contributed by atoms with van der Waals surface area (Å²) >= 11 is 1.93. The zero-order chi connectivity index (χ0) is 13.6. The molecule has 102 valence electrons. The Morgan fingerprint density at radius 2 is 1.61 bits per heavy atom. The molecule has 18 heavy (non-hydrogen) atoms. The van der Waals surface area contributed by atoms with Crippen molar-refractivity contribution in [1.29, 1.82) is 0 Å². The lowest BCUT2D eigenvalue weighted by atomic mass is 9.98. The topological polar surface area (TPSA) is 16.1 Å². The van der Waals surface area contributed by atoms with E-state index in [1.165, 1.54) is 28.5 Å². The highest BCUT2D eigenvalue weighted by Gasteiger charge is 2.27. The highest BCUT2D eigenvalue weighted by molar-refractivity contribution is 7.11. The second kappa shape index (κ2) is 4.61. The molecule has 0 fully saturated rings. The fraction of sp³-hybridized carbons (Fsp3) is 0.800. The molecule has 0 aliphatic carbocycles. The van der Waals surface area contributed by atoms with Crippen molar-refractivity contribution in [3.63, 3.8) is 0 Å². The van der Waals surface area contributed by atoms with E-state index in [9.17, 15) is 0 Å². The molecule has 1 aliphatic rings. The summed E-state index contributed by atoms with van der Waals surface area (Å²) in [5.41, 5.74) is 1.83. The third-order valence-electron chi connectivity index (χ3n) is 3.60. The van der Waals surface area contributed by atoms with Gasteiger partial charge in [0.05, 0.1) is 10.7 Å². The Labute approximate surface area is 115 Å². The third kappa shape index (κ3) is 2.94. The molecule has 1 aromatic rings. The van der Waals surface area contributed by atoms with Crippen LogP contribution in [-0.4, -0.2) is 28.5 Å². The van der Waals surface area contributed by atoms with Gasteiger partial charge in [-0.25, -0.2) is 4.98 Å². The van der Waals surface area contributed by atoms with Crippen molar-refractivity contribution in [3.05, 3.63) is 15.6 Å². The van der Waals surface area contributed by atoms with Crippen molar-refractivity contribution in [2.45, 2.75) is 65.3 Å². The summed E-state index contributed by atoms with van der Waals surface area (Å²) in [6, 6.07) is 0. The van der Waals surface area contributed by atoms with E-state index in [0.717, 1.165) is 13.0 Å². The van der Waals surface area contributed by atoms with Gasteiger partial charge in [0, 0.05) is 35.3 Å². The predicted molar refractivity (Wildman–Crippen MR) is 79.5 cm³/mol. The quantitative estimate of drug-likeness (QED) is 0.713. The van der Waals surface area contributed by atoms with Gasteiger partial charge in [0.15, 0.2) is 0 Å². The average Bonchev–Trinajstić information content (AvgIpc) is 2.50. The maximum Gasteiger partial charge on any atom is 0.0984 e. The minimum absolute atomic E-state index is 0.195. The molecule has 0 bridgehead atoms. The van der Waals surface area contributed by atoms with Gasteiger partial charge in [0.1, 0.15) is 0 Å². The van der Waals surface area contributed by atoms with E-state index in [1.807, 2.05) is 11.3 Å². The van der Waals surface area contributed by atoms with Gasteiger partial charge in [0.25, 0.3) is 0 Å². The third-order valence-corrected chi connectivity index (χ3v) is 5.18. The van der Waals surface area contributed by atoms with E-state index in [-0.39, 0.29) is 11.0 Å². The van der Waals surface area contributed by atoms with Crippen LogP contribution in [0.25, 0.3) is 0 Å². The molecule has 2 rings (SSSR count). The fourth-order valence-electron chi connectivity index (χ4n) is 2.35. The minimum Gasteiger partial charge on any atom is -0.298 e. The molecule has 0 atom stereocenters. The van der Waals surface area contributed by atoms with Crippen molar-refractivity contribution in [3.8, 4) is 0 Å². The summed E-state index contributed by atoms with van der Waals surface area (Å²) < 4.78 is 0. The molecule has 3 heteroatoms. The molecule has 0 unspecified atom stereocenters. The van der Waals surface area contributed by atoms with E-state index in [1.54, 1.807) is 0 Å². The fourth-order valence-corrected chi connectivity index (χ4v) is 3.51. The first-order chi connectivity index (χ1) is 8.18. The Morgan fingerprint density at radius 1 is 1.00 bits per heavy atom. The SMILES string of the molecule is CC(C)(C)c1nc2c(s1)CCN(C(C)(C)C)CC2. The smallest absolute Gasteiger partial charge is 0.0984 e. The molecule has 0 saturated carbocycles. The Kier molecular flexibility index (Phi) is 3.58. The van der Waals surface area contributed by atoms with Crippen LogP contribution < -0.4 is 0 Å². The largest absolute Gasteiger partial charge is 0.298 e. The molecule has 0 aromatic carbocycles. The van der Waals surface area contributed by atoms with E-state index in [2.05, 4.69) is 46.4 Å². The van der Waals surface area contributed by atoms with Gasteiger partial charge >= 0.3 is 0 Å². The van der Waals surface area contributed by atoms with Crippen molar-refractivity contribution >= 4 is 11.3 Å².